The largest absolute Gasteiger partial charge is 0.492 e. The van der Waals surface area contributed by atoms with Gasteiger partial charge in [-0.1, -0.05) is 13.8 Å². The fourth-order valence-corrected chi connectivity index (χ4v) is 2.96. The van der Waals surface area contributed by atoms with Crippen LogP contribution >= 0.6 is 0 Å². The minimum absolute atomic E-state index is 0.0372. The lowest BCUT2D eigenvalue weighted by atomic mass is 10.1. The molecule has 1 aliphatic rings. The van der Waals surface area contributed by atoms with Crippen LogP contribution in [-0.2, 0) is 10.0 Å². The lowest BCUT2D eigenvalue weighted by Gasteiger charge is -2.09. The van der Waals surface area contributed by atoms with Gasteiger partial charge in [0.25, 0.3) is 0 Å². The topological polar surface area (TPSA) is 81.4 Å². The van der Waals surface area contributed by atoms with Gasteiger partial charge in [0, 0.05) is 12.2 Å². The summed E-state index contributed by atoms with van der Waals surface area (Å²) in [6, 6.07) is 6.89. The minimum atomic E-state index is -3.26. The lowest BCUT2D eigenvalue weighted by molar-refractivity contribution is 0.340. The molecular formula is C14H22N2O3S. The van der Waals surface area contributed by atoms with Crippen LogP contribution in [0.15, 0.2) is 24.3 Å². The molecule has 0 aliphatic heterocycles. The number of hydrogen-bond donors (Lipinski definition) is 2. The van der Waals surface area contributed by atoms with E-state index in [1.54, 1.807) is 24.3 Å². The van der Waals surface area contributed by atoms with Crippen LogP contribution in [0.4, 0.5) is 5.69 Å². The molecule has 112 valence electrons. The normalized spacial score (nSPS) is 20.6. The summed E-state index contributed by atoms with van der Waals surface area (Å²) in [5, 5.41) is 0. The molecule has 1 atom stereocenters. The number of nitrogen functional groups attached to an aromatic ring is 1. The highest BCUT2D eigenvalue weighted by Crippen LogP contribution is 2.51. The van der Waals surface area contributed by atoms with E-state index in [2.05, 4.69) is 18.6 Å². The second-order valence-corrected chi connectivity index (χ2v) is 7.90. The molecule has 0 aromatic heterocycles. The fourth-order valence-electron chi connectivity index (χ4n) is 2.06. The van der Waals surface area contributed by atoms with Gasteiger partial charge in [-0.15, -0.1) is 0 Å². The summed E-state index contributed by atoms with van der Waals surface area (Å²) in [6.45, 7) is 4.96. The number of rotatable bonds is 7. The van der Waals surface area contributed by atoms with Crippen molar-refractivity contribution in [3.63, 3.8) is 0 Å². The van der Waals surface area contributed by atoms with Gasteiger partial charge in [-0.3, -0.25) is 0 Å². The second-order valence-electron chi connectivity index (χ2n) is 5.97. The smallest absolute Gasteiger partial charge is 0.214 e. The van der Waals surface area contributed by atoms with Gasteiger partial charge in [0.05, 0.1) is 5.75 Å². The standard InChI is InChI=1S/C14H22N2O3S/c1-14(2)9-11(14)10-16-20(17,18)8-7-19-13-5-3-12(15)4-6-13/h3-6,11,16H,7-10,15H2,1-2H3. The van der Waals surface area contributed by atoms with Crippen LogP contribution in [0.3, 0.4) is 0 Å². The Kier molecular flexibility index (Phi) is 4.25. The van der Waals surface area contributed by atoms with Crippen molar-refractivity contribution in [2.75, 3.05) is 24.6 Å². The van der Waals surface area contributed by atoms with Crippen molar-refractivity contribution in [2.24, 2.45) is 11.3 Å². The van der Waals surface area contributed by atoms with Crippen LogP contribution in [-0.4, -0.2) is 27.3 Å². The maximum Gasteiger partial charge on any atom is 0.214 e. The van der Waals surface area contributed by atoms with Crippen molar-refractivity contribution in [2.45, 2.75) is 20.3 Å². The van der Waals surface area contributed by atoms with E-state index in [4.69, 9.17) is 10.5 Å². The molecule has 3 N–H and O–H groups in total. The summed E-state index contributed by atoms with van der Waals surface area (Å²) in [6.07, 6.45) is 1.08. The van der Waals surface area contributed by atoms with Crippen LogP contribution in [0.5, 0.6) is 5.75 Å². The monoisotopic (exact) mass is 298 g/mol. The van der Waals surface area contributed by atoms with E-state index in [-0.39, 0.29) is 17.8 Å². The molecule has 6 heteroatoms. The Morgan fingerprint density at radius 1 is 1.35 bits per heavy atom. The zero-order valence-corrected chi connectivity index (χ0v) is 12.7. The molecule has 1 aliphatic carbocycles. The molecule has 20 heavy (non-hydrogen) atoms. The molecule has 1 fully saturated rings. The first-order valence-corrected chi connectivity index (χ1v) is 8.39. The highest BCUT2D eigenvalue weighted by molar-refractivity contribution is 7.89. The Balaban J connectivity index is 1.71. The third kappa shape index (κ3) is 4.38. The average molecular weight is 298 g/mol. The van der Waals surface area contributed by atoms with Crippen LogP contribution in [0.1, 0.15) is 20.3 Å². The zero-order valence-electron chi connectivity index (χ0n) is 11.9. The Morgan fingerprint density at radius 2 is 1.95 bits per heavy atom. The highest BCUT2D eigenvalue weighted by atomic mass is 32.2. The Hall–Kier alpha value is -1.27. The molecule has 1 aromatic rings. The summed E-state index contributed by atoms with van der Waals surface area (Å²) in [5.74, 6) is 1.04. The summed E-state index contributed by atoms with van der Waals surface area (Å²) < 4.78 is 31.6. The van der Waals surface area contributed by atoms with Crippen LogP contribution in [0.2, 0.25) is 0 Å². The first kappa shape index (κ1) is 15.1. The summed E-state index contributed by atoms with van der Waals surface area (Å²) >= 11 is 0. The van der Waals surface area contributed by atoms with Crippen LogP contribution in [0.25, 0.3) is 0 Å². The zero-order chi connectivity index (χ0) is 14.8. The summed E-state index contributed by atoms with van der Waals surface area (Å²) in [5.41, 5.74) is 6.49. The number of nitrogens with two attached hydrogens (primary N) is 1. The molecule has 1 aromatic carbocycles. The van der Waals surface area contributed by atoms with Gasteiger partial charge in [0.15, 0.2) is 0 Å². The van der Waals surface area contributed by atoms with E-state index in [9.17, 15) is 8.42 Å². The van der Waals surface area contributed by atoms with Crippen molar-refractivity contribution in [3.8, 4) is 5.75 Å². The van der Waals surface area contributed by atoms with Crippen molar-refractivity contribution in [1.82, 2.24) is 4.72 Å². The molecule has 0 heterocycles. The maximum atomic E-state index is 11.8. The number of ether oxygens (including phenoxy) is 1. The van der Waals surface area contributed by atoms with Gasteiger partial charge in [0.1, 0.15) is 12.4 Å². The average Bonchev–Trinajstić information content (AvgIpc) is 2.97. The molecule has 0 spiro atoms. The Labute approximate surface area is 120 Å². The highest BCUT2D eigenvalue weighted by Gasteiger charge is 2.45. The Morgan fingerprint density at radius 3 is 2.50 bits per heavy atom. The predicted octanol–water partition coefficient (Wildman–Crippen LogP) is 1.61. The predicted molar refractivity (Wildman–Crippen MR) is 80.0 cm³/mol. The number of sulfonamides is 1. The van der Waals surface area contributed by atoms with Gasteiger partial charge >= 0.3 is 0 Å². The summed E-state index contributed by atoms with van der Waals surface area (Å²) in [4.78, 5) is 0. The number of hydrogen-bond acceptors (Lipinski definition) is 4. The van der Waals surface area contributed by atoms with E-state index < -0.39 is 10.0 Å². The third-order valence-electron chi connectivity index (χ3n) is 3.77. The molecule has 0 bridgehead atoms. The molecular weight excluding hydrogens is 276 g/mol. The molecule has 0 saturated heterocycles. The van der Waals surface area contributed by atoms with Crippen molar-refractivity contribution < 1.29 is 13.2 Å². The molecule has 2 rings (SSSR count). The molecule has 0 radical (unpaired) electrons. The lowest BCUT2D eigenvalue weighted by Crippen LogP contribution is -2.31. The van der Waals surface area contributed by atoms with Crippen LogP contribution < -0.4 is 15.2 Å². The fraction of sp³-hybridized carbons (Fsp3) is 0.571. The molecule has 0 amide bonds. The van der Waals surface area contributed by atoms with E-state index in [0.717, 1.165) is 6.42 Å². The first-order valence-electron chi connectivity index (χ1n) is 6.74. The number of anilines is 1. The maximum absolute atomic E-state index is 11.8. The first-order chi connectivity index (χ1) is 9.28. The minimum Gasteiger partial charge on any atom is -0.492 e. The van der Waals surface area contributed by atoms with Gasteiger partial charge in [-0.05, 0) is 42.0 Å². The van der Waals surface area contributed by atoms with Crippen LogP contribution in [0, 0.1) is 11.3 Å². The van der Waals surface area contributed by atoms with Crippen molar-refractivity contribution in [3.05, 3.63) is 24.3 Å². The van der Waals surface area contributed by atoms with E-state index in [1.807, 2.05) is 0 Å². The van der Waals surface area contributed by atoms with E-state index in [1.165, 1.54) is 0 Å². The molecule has 1 saturated carbocycles. The summed E-state index contributed by atoms with van der Waals surface area (Å²) in [7, 11) is -3.26. The van der Waals surface area contributed by atoms with Crippen molar-refractivity contribution >= 4 is 15.7 Å². The van der Waals surface area contributed by atoms with E-state index in [0.29, 0.717) is 23.9 Å². The quantitative estimate of drug-likeness (QED) is 0.749. The van der Waals surface area contributed by atoms with Crippen molar-refractivity contribution in [1.29, 1.82) is 0 Å². The second kappa shape index (κ2) is 5.61. The van der Waals surface area contributed by atoms with E-state index >= 15 is 0 Å². The molecule has 1 unspecified atom stereocenters. The number of nitrogens with one attached hydrogen (secondary N) is 1. The Bertz CT molecular complexity index is 552. The van der Waals surface area contributed by atoms with Gasteiger partial charge < -0.3 is 10.5 Å². The SMILES string of the molecule is CC1(C)CC1CNS(=O)(=O)CCOc1ccc(N)cc1. The third-order valence-corrected chi connectivity index (χ3v) is 5.08. The number of benzene rings is 1. The van der Waals surface area contributed by atoms with Gasteiger partial charge in [-0.25, -0.2) is 13.1 Å². The molecule has 5 nitrogen and oxygen atoms in total. The van der Waals surface area contributed by atoms with Gasteiger partial charge in [0.2, 0.25) is 10.0 Å². The van der Waals surface area contributed by atoms with Gasteiger partial charge in [-0.2, -0.15) is 0 Å².